The number of nitrogens with one attached hydrogen (secondary N) is 1. The van der Waals surface area contributed by atoms with Crippen LogP contribution in [0.2, 0.25) is 0 Å². The first-order valence-electron chi connectivity index (χ1n) is 8.36. The minimum Gasteiger partial charge on any atom is -0.342 e. The summed E-state index contributed by atoms with van der Waals surface area (Å²) in [5, 5.41) is 3.42. The first-order chi connectivity index (χ1) is 11.2. The molecule has 0 bridgehead atoms. The molecule has 3 nitrogen and oxygen atoms in total. The third kappa shape index (κ3) is 4.72. The third-order valence-electron chi connectivity index (χ3n) is 4.56. The van der Waals surface area contributed by atoms with E-state index in [0.29, 0.717) is 12.5 Å². The van der Waals surface area contributed by atoms with Crippen molar-refractivity contribution in [2.45, 2.75) is 46.0 Å². The molecule has 1 aliphatic heterocycles. The fourth-order valence-electron chi connectivity index (χ4n) is 3.07. The predicted molar refractivity (Wildman–Crippen MR) is 87.3 cm³/mol. The second kappa shape index (κ2) is 7.55. The Kier molecular flexibility index (Phi) is 5.91. The number of rotatable bonds is 4. The van der Waals surface area contributed by atoms with Gasteiger partial charge in [-0.15, -0.1) is 0 Å². The van der Waals surface area contributed by atoms with E-state index in [-0.39, 0.29) is 17.9 Å². The second-order valence-electron chi connectivity index (χ2n) is 6.89. The van der Waals surface area contributed by atoms with Crippen molar-refractivity contribution >= 4 is 5.91 Å². The van der Waals surface area contributed by atoms with Crippen LogP contribution in [-0.4, -0.2) is 29.9 Å². The van der Waals surface area contributed by atoms with Gasteiger partial charge < -0.3 is 10.2 Å². The third-order valence-corrected chi connectivity index (χ3v) is 4.56. The van der Waals surface area contributed by atoms with Crippen molar-refractivity contribution in [3.8, 4) is 0 Å². The number of likely N-dealkylation sites (tertiary alicyclic amines) is 1. The van der Waals surface area contributed by atoms with Crippen molar-refractivity contribution < 1.29 is 18.0 Å². The SMILES string of the molecule is CC(C)C(=O)N1CCC(NCc2ccc(C(F)(F)F)cc2)C(C)C1. The molecule has 1 aliphatic rings. The Balaban J connectivity index is 1.86. The number of nitrogens with zero attached hydrogens (tertiary/aromatic N) is 1. The number of carbonyl (C=O) groups is 1. The highest BCUT2D eigenvalue weighted by molar-refractivity contribution is 5.78. The minimum absolute atomic E-state index is 0.00820. The maximum atomic E-state index is 12.6. The lowest BCUT2D eigenvalue weighted by Crippen LogP contribution is -2.50. The van der Waals surface area contributed by atoms with Gasteiger partial charge in [-0.2, -0.15) is 13.2 Å². The summed E-state index contributed by atoms with van der Waals surface area (Å²) in [6, 6.07) is 5.52. The number of hydrogen-bond donors (Lipinski definition) is 1. The molecule has 1 N–H and O–H groups in total. The van der Waals surface area contributed by atoms with E-state index in [0.717, 1.165) is 37.2 Å². The minimum atomic E-state index is -4.30. The Morgan fingerprint density at radius 1 is 1.29 bits per heavy atom. The van der Waals surface area contributed by atoms with Gasteiger partial charge in [0, 0.05) is 31.6 Å². The molecule has 1 amide bonds. The summed E-state index contributed by atoms with van der Waals surface area (Å²) in [5.41, 5.74) is 0.205. The van der Waals surface area contributed by atoms with Crippen LogP contribution in [0.1, 0.15) is 38.3 Å². The Hall–Kier alpha value is -1.56. The van der Waals surface area contributed by atoms with Gasteiger partial charge in [-0.05, 0) is 30.0 Å². The lowest BCUT2D eigenvalue weighted by molar-refractivity contribution is -0.138. The zero-order valence-electron chi connectivity index (χ0n) is 14.4. The average molecular weight is 342 g/mol. The molecule has 1 fully saturated rings. The summed E-state index contributed by atoms with van der Waals surface area (Å²) in [4.78, 5) is 14.0. The van der Waals surface area contributed by atoms with Crippen LogP contribution >= 0.6 is 0 Å². The Morgan fingerprint density at radius 2 is 1.92 bits per heavy atom. The molecular weight excluding hydrogens is 317 g/mol. The maximum absolute atomic E-state index is 12.6. The Morgan fingerprint density at radius 3 is 2.42 bits per heavy atom. The number of benzene rings is 1. The van der Waals surface area contributed by atoms with E-state index < -0.39 is 11.7 Å². The summed E-state index contributed by atoms with van der Waals surface area (Å²) in [6.07, 6.45) is -3.43. The van der Waals surface area contributed by atoms with Crippen molar-refractivity contribution in [1.82, 2.24) is 10.2 Å². The van der Waals surface area contributed by atoms with E-state index in [2.05, 4.69) is 12.2 Å². The molecule has 0 spiro atoms. The molecular formula is C18H25F3N2O. The summed E-state index contributed by atoms with van der Waals surface area (Å²) in [6.45, 7) is 7.90. The molecule has 24 heavy (non-hydrogen) atoms. The highest BCUT2D eigenvalue weighted by Gasteiger charge is 2.31. The molecule has 6 heteroatoms. The van der Waals surface area contributed by atoms with Crippen LogP contribution in [0.4, 0.5) is 13.2 Å². The van der Waals surface area contributed by atoms with Crippen LogP contribution in [0, 0.1) is 11.8 Å². The highest BCUT2D eigenvalue weighted by Crippen LogP contribution is 2.29. The van der Waals surface area contributed by atoms with Gasteiger partial charge >= 0.3 is 6.18 Å². The quantitative estimate of drug-likeness (QED) is 0.905. The van der Waals surface area contributed by atoms with Gasteiger partial charge in [0.15, 0.2) is 0 Å². The van der Waals surface area contributed by atoms with Crippen molar-refractivity contribution in [3.05, 3.63) is 35.4 Å². The molecule has 1 saturated heterocycles. The lowest BCUT2D eigenvalue weighted by atomic mass is 9.92. The molecule has 0 aliphatic carbocycles. The largest absolute Gasteiger partial charge is 0.416 e. The first kappa shape index (κ1) is 18.8. The molecule has 1 aromatic carbocycles. The van der Waals surface area contributed by atoms with E-state index in [4.69, 9.17) is 0 Å². The molecule has 2 rings (SSSR count). The van der Waals surface area contributed by atoms with Crippen LogP contribution in [0.5, 0.6) is 0 Å². The molecule has 2 unspecified atom stereocenters. The number of carbonyl (C=O) groups excluding carboxylic acids is 1. The topological polar surface area (TPSA) is 32.3 Å². The standard InChI is InChI=1S/C18H25F3N2O/c1-12(2)17(24)23-9-8-16(13(3)11-23)22-10-14-4-6-15(7-5-14)18(19,20)21/h4-7,12-13,16,22H,8-11H2,1-3H3. The molecule has 0 saturated carbocycles. The van der Waals surface area contributed by atoms with E-state index in [1.807, 2.05) is 18.7 Å². The van der Waals surface area contributed by atoms with Gasteiger partial charge in [-0.1, -0.05) is 32.9 Å². The van der Waals surface area contributed by atoms with Gasteiger partial charge in [0.05, 0.1) is 5.56 Å². The maximum Gasteiger partial charge on any atom is 0.416 e. The zero-order valence-corrected chi connectivity index (χ0v) is 14.4. The highest BCUT2D eigenvalue weighted by atomic mass is 19.4. The number of piperidine rings is 1. The van der Waals surface area contributed by atoms with E-state index in [9.17, 15) is 18.0 Å². The van der Waals surface area contributed by atoms with Gasteiger partial charge in [0.2, 0.25) is 5.91 Å². The summed E-state index contributed by atoms with van der Waals surface area (Å²) in [5.74, 6) is 0.507. The van der Waals surface area contributed by atoms with Crippen LogP contribution in [-0.2, 0) is 17.5 Å². The predicted octanol–water partition coefficient (Wildman–Crippen LogP) is 3.69. The average Bonchev–Trinajstić information content (AvgIpc) is 2.52. The van der Waals surface area contributed by atoms with Gasteiger partial charge in [0.25, 0.3) is 0 Å². The van der Waals surface area contributed by atoms with E-state index >= 15 is 0 Å². The Labute approximate surface area is 141 Å². The molecule has 2 atom stereocenters. The zero-order chi connectivity index (χ0) is 17.9. The van der Waals surface area contributed by atoms with Crippen LogP contribution in [0.25, 0.3) is 0 Å². The fourth-order valence-corrected chi connectivity index (χ4v) is 3.07. The summed E-state index contributed by atoms with van der Waals surface area (Å²) in [7, 11) is 0. The van der Waals surface area contributed by atoms with Crippen LogP contribution < -0.4 is 5.32 Å². The smallest absolute Gasteiger partial charge is 0.342 e. The molecule has 134 valence electrons. The van der Waals surface area contributed by atoms with Gasteiger partial charge in [-0.3, -0.25) is 4.79 Å². The lowest BCUT2D eigenvalue weighted by Gasteiger charge is -2.38. The number of alkyl halides is 3. The van der Waals surface area contributed by atoms with Crippen molar-refractivity contribution in [2.75, 3.05) is 13.1 Å². The van der Waals surface area contributed by atoms with Gasteiger partial charge in [0.1, 0.15) is 0 Å². The van der Waals surface area contributed by atoms with E-state index in [1.54, 1.807) is 0 Å². The van der Waals surface area contributed by atoms with Crippen molar-refractivity contribution in [1.29, 1.82) is 0 Å². The summed E-state index contributed by atoms with van der Waals surface area (Å²) >= 11 is 0. The normalized spacial score (nSPS) is 22.0. The van der Waals surface area contributed by atoms with Crippen molar-refractivity contribution in [2.24, 2.45) is 11.8 Å². The van der Waals surface area contributed by atoms with E-state index in [1.165, 1.54) is 12.1 Å². The molecule has 0 radical (unpaired) electrons. The van der Waals surface area contributed by atoms with Gasteiger partial charge in [-0.25, -0.2) is 0 Å². The van der Waals surface area contributed by atoms with Crippen molar-refractivity contribution in [3.63, 3.8) is 0 Å². The molecule has 1 heterocycles. The first-order valence-corrected chi connectivity index (χ1v) is 8.36. The molecule has 0 aromatic heterocycles. The summed E-state index contributed by atoms with van der Waals surface area (Å²) < 4.78 is 37.7. The number of halogens is 3. The Bertz CT molecular complexity index is 554. The van der Waals surface area contributed by atoms with Crippen LogP contribution in [0.15, 0.2) is 24.3 Å². The monoisotopic (exact) mass is 342 g/mol. The number of amides is 1. The fraction of sp³-hybridized carbons (Fsp3) is 0.611. The molecule has 1 aromatic rings. The number of hydrogen-bond acceptors (Lipinski definition) is 2. The second-order valence-corrected chi connectivity index (χ2v) is 6.89. The van der Waals surface area contributed by atoms with Crippen LogP contribution in [0.3, 0.4) is 0 Å².